The number of fused-ring (bicyclic) bond motifs is 2. The molecule has 4 aromatic rings. The predicted molar refractivity (Wildman–Crippen MR) is 138 cm³/mol. The lowest BCUT2D eigenvalue weighted by atomic mass is 10.0. The van der Waals surface area contributed by atoms with E-state index in [-0.39, 0.29) is 23.3 Å². The Labute approximate surface area is 200 Å². The second-order valence-corrected chi connectivity index (χ2v) is 9.76. The van der Waals surface area contributed by atoms with Crippen molar-refractivity contribution in [3.63, 3.8) is 0 Å². The molecule has 0 saturated carbocycles. The van der Waals surface area contributed by atoms with Crippen molar-refractivity contribution < 1.29 is 9.59 Å². The molecule has 166 valence electrons. The number of carbonyl (C=O) groups is 2. The second kappa shape index (κ2) is 9.77. The number of rotatable bonds is 6. The van der Waals surface area contributed by atoms with Crippen molar-refractivity contribution in [2.45, 2.75) is 12.8 Å². The smallest absolute Gasteiger partial charge is 0.236 e. The van der Waals surface area contributed by atoms with Crippen molar-refractivity contribution in [1.82, 2.24) is 4.98 Å². The van der Waals surface area contributed by atoms with Gasteiger partial charge in [-0.05, 0) is 41.3 Å². The maximum Gasteiger partial charge on any atom is 0.236 e. The van der Waals surface area contributed by atoms with E-state index in [9.17, 15) is 9.59 Å². The lowest BCUT2D eigenvalue weighted by molar-refractivity contribution is -0.116. The average molecular weight is 474 g/mol. The Kier molecular flexibility index (Phi) is 6.41. The molecule has 0 bridgehead atoms. The van der Waals surface area contributed by atoms with Crippen LogP contribution in [0.1, 0.15) is 12.0 Å². The van der Waals surface area contributed by atoms with Crippen LogP contribution in [0.4, 0.5) is 10.8 Å². The van der Waals surface area contributed by atoms with Gasteiger partial charge in [0.15, 0.2) is 5.13 Å². The zero-order valence-electron chi connectivity index (χ0n) is 18.0. The summed E-state index contributed by atoms with van der Waals surface area (Å²) in [5.41, 5.74) is 4.08. The summed E-state index contributed by atoms with van der Waals surface area (Å²) in [6.45, 7) is 0.735. The van der Waals surface area contributed by atoms with Crippen molar-refractivity contribution in [3.05, 3.63) is 77.7 Å². The molecule has 0 spiro atoms. The molecule has 0 radical (unpaired) electrons. The molecule has 5 nitrogen and oxygen atoms in total. The normalized spacial score (nSPS) is 13.0. The maximum atomic E-state index is 12.7. The number of carbonyl (C=O) groups excluding carboxylic acids is 2. The maximum absolute atomic E-state index is 12.7. The quantitative estimate of drug-likeness (QED) is 0.395. The van der Waals surface area contributed by atoms with Gasteiger partial charge in [-0.25, -0.2) is 4.98 Å². The predicted octanol–water partition coefficient (Wildman–Crippen LogP) is 5.61. The molecular weight excluding hydrogens is 450 g/mol. The first-order valence-corrected chi connectivity index (χ1v) is 12.9. The number of para-hydroxylation sites is 1. The molecule has 0 aliphatic carbocycles. The Morgan fingerprint density at radius 1 is 1.00 bits per heavy atom. The third-order valence-corrected chi connectivity index (χ3v) is 7.34. The van der Waals surface area contributed by atoms with E-state index in [4.69, 9.17) is 0 Å². The fourth-order valence-electron chi connectivity index (χ4n) is 4.07. The van der Waals surface area contributed by atoms with Crippen LogP contribution in [0.15, 0.2) is 72.1 Å². The number of aryl methyl sites for hydroxylation is 1. The fourth-order valence-corrected chi connectivity index (χ4v) is 5.50. The van der Waals surface area contributed by atoms with Gasteiger partial charge in [-0.1, -0.05) is 54.6 Å². The van der Waals surface area contributed by atoms with Crippen molar-refractivity contribution in [1.29, 1.82) is 0 Å². The largest absolute Gasteiger partial charge is 0.311 e. The summed E-state index contributed by atoms with van der Waals surface area (Å²) in [4.78, 5) is 31.5. The molecule has 1 aliphatic rings. The van der Waals surface area contributed by atoms with Gasteiger partial charge in [0.05, 0.1) is 17.2 Å². The Morgan fingerprint density at radius 3 is 2.73 bits per heavy atom. The van der Waals surface area contributed by atoms with Crippen LogP contribution in [0.5, 0.6) is 0 Å². The topological polar surface area (TPSA) is 62.3 Å². The van der Waals surface area contributed by atoms with Crippen LogP contribution in [0, 0.1) is 0 Å². The summed E-state index contributed by atoms with van der Waals surface area (Å²) in [5.74, 6) is 0.396. The monoisotopic (exact) mass is 473 g/mol. The summed E-state index contributed by atoms with van der Waals surface area (Å²) in [5, 5.41) is 7.72. The minimum Gasteiger partial charge on any atom is -0.311 e. The van der Waals surface area contributed by atoms with Gasteiger partial charge in [-0.3, -0.25) is 9.59 Å². The Morgan fingerprint density at radius 2 is 1.82 bits per heavy atom. The number of amides is 2. The van der Waals surface area contributed by atoms with Gasteiger partial charge >= 0.3 is 0 Å². The zero-order valence-corrected chi connectivity index (χ0v) is 19.6. The number of aromatic nitrogens is 1. The molecule has 0 fully saturated rings. The SMILES string of the molecule is O=C(CSCC(=O)N1CCCc2ccccc21)Nc1nc(-c2ccc3ccccc3c2)cs1. The lowest BCUT2D eigenvalue weighted by Crippen LogP contribution is -2.36. The van der Waals surface area contributed by atoms with E-state index in [1.165, 1.54) is 34.0 Å². The number of hydrogen-bond acceptors (Lipinski definition) is 5. The van der Waals surface area contributed by atoms with Crippen LogP contribution in [0.25, 0.3) is 22.0 Å². The first kappa shape index (κ1) is 21.7. The van der Waals surface area contributed by atoms with E-state index in [1.54, 1.807) is 0 Å². The fraction of sp³-hybridized carbons (Fsp3) is 0.192. The summed E-state index contributed by atoms with van der Waals surface area (Å²) in [6.07, 6.45) is 1.97. The molecule has 1 aromatic heterocycles. The first-order valence-electron chi connectivity index (χ1n) is 10.9. The molecule has 2 heterocycles. The number of thiazole rings is 1. The van der Waals surface area contributed by atoms with Crippen LogP contribution >= 0.6 is 23.1 Å². The lowest BCUT2D eigenvalue weighted by Gasteiger charge is -2.29. The summed E-state index contributed by atoms with van der Waals surface area (Å²) in [6, 6.07) is 22.5. The minimum atomic E-state index is -0.147. The molecule has 33 heavy (non-hydrogen) atoms. The molecule has 0 atom stereocenters. The number of benzene rings is 3. The van der Waals surface area contributed by atoms with E-state index in [2.05, 4.69) is 40.6 Å². The van der Waals surface area contributed by atoms with Gasteiger partial charge in [0.2, 0.25) is 11.8 Å². The number of thioether (sulfide) groups is 1. The van der Waals surface area contributed by atoms with Gasteiger partial charge in [0.1, 0.15) is 0 Å². The van der Waals surface area contributed by atoms with Gasteiger partial charge in [0.25, 0.3) is 0 Å². The molecule has 1 aliphatic heterocycles. The highest BCUT2D eigenvalue weighted by Crippen LogP contribution is 2.29. The highest BCUT2D eigenvalue weighted by molar-refractivity contribution is 8.00. The number of nitrogens with one attached hydrogen (secondary N) is 1. The molecule has 7 heteroatoms. The van der Waals surface area contributed by atoms with Gasteiger partial charge in [-0.2, -0.15) is 0 Å². The van der Waals surface area contributed by atoms with Crippen LogP contribution in [0.3, 0.4) is 0 Å². The third kappa shape index (κ3) is 4.94. The average Bonchev–Trinajstić information content (AvgIpc) is 3.31. The van der Waals surface area contributed by atoms with Crippen LogP contribution in [-0.2, 0) is 16.0 Å². The van der Waals surface area contributed by atoms with Crippen molar-refractivity contribution in [2.24, 2.45) is 0 Å². The molecule has 1 N–H and O–H groups in total. The van der Waals surface area contributed by atoms with E-state index in [0.717, 1.165) is 41.7 Å². The third-order valence-electron chi connectivity index (χ3n) is 5.67. The van der Waals surface area contributed by atoms with Crippen molar-refractivity contribution in [2.75, 3.05) is 28.3 Å². The minimum absolute atomic E-state index is 0.0489. The van der Waals surface area contributed by atoms with Gasteiger partial charge < -0.3 is 10.2 Å². The summed E-state index contributed by atoms with van der Waals surface area (Å²) >= 11 is 2.74. The highest BCUT2D eigenvalue weighted by Gasteiger charge is 2.22. The zero-order chi connectivity index (χ0) is 22.6. The summed E-state index contributed by atoms with van der Waals surface area (Å²) in [7, 11) is 0. The Balaban J connectivity index is 1.14. The van der Waals surface area contributed by atoms with Crippen molar-refractivity contribution >= 4 is 56.5 Å². The van der Waals surface area contributed by atoms with E-state index in [1.807, 2.05) is 46.7 Å². The highest BCUT2D eigenvalue weighted by atomic mass is 32.2. The van der Waals surface area contributed by atoms with E-state index >= 15 is 0 Å². The number of hydrogen-bond donors (Lipinski definition) is 1. The van der Waals surface area contributed by atoms with Crippen molar-refractivity contribution in [3.8, 4) is 11.3 Å². The van der Waals surface area contributed by atoms with Crippen LogP contribution < -0.4 is 10.2 Å². The number of anilines is 2. The standard InChI is InChI=1S/C26H23N3O2S2/c30-24(16-32-17-25(31)29-13-5-9-19-7-3-4-10-23(19)29)28-26-27-22(15-33-26)21-12-11-18-6-1-2-8-20(18)14-21/h1-4,6-8,10-12,14-15H,5,9,13,16-17H2,(H,27,28,30). The number of nitrogens with zero attached hydrogens (tertiary/aromatic N) is 2. The summed E-state index contributed by atoms with van der Waals surface area (Å²) < 4.78 is 0. The second-order valence-electron chi connectivity index (χ2n) is 7.92. The van der Waals surface area contributed by atoms with Gasteiger partial charge in [-0.15, -0.1) is 23.1 Å². The molecule has 0 saturated heterocycles. The van der Waals surface area contributed by atoms with E-state index < -0.39 is 0 Å². The van der Waals surface area contributed by atoms with Crippen LogP contribution in [0.2, 0.25) is 0 Å². The Bertz CT molecular complexity index is 1320. The van der Waals surface area contributed by atoms with Gasteiger partial charge in [0, 0.05) is 23.2 Å². The van der Waals surface area contributed by atoms with Crippen LogP contribution in [-0.4, -0.2) is 34.8 Å². The molecule has 0 unspecified atom stereocenters. The van der Waals surface area contributed by atoms with E-state index in [0.29, 0.717) is 5.13 Å². The molecule has 3 aromatic carbocycles. The Hall–Kier alpha value is -3.16. The first-order chi connectivity index (χ1) is 16.2. The molecule has 2 amide bonds. The molecule has 5 rings (SSSR count). The molecular formula is C26H23N3O2S2.